The van der Waals surface area contributed by atoms with Gasteiger partial charge in [-0.05, 0) is 18.2 Å². The van der Waals surface area contributed by atoms with Crippen LogP contribution in [0.5, 0.6) is 5.75 Å². The van der Waals surface area contributed by atoms with E-state index in [4.69, 9.17) is 16.7 Å². The van der Waals surface area contributed by atoms with Crippen molar-refractivity contribution in [2.24, 2.45) is 0 Å². The molecule has 0 aliphatic rings. The maximum Gasteiger partial charge on any atom is 0.255 e. The van der Waals surface area contributed by atoms with Crippen molar-refractivity contribution < 1.29 is 15.0 Å². The smallest absolute Gasteiger partial charge is 0.255 e. The van der Waals surface area contributed by atoms with Crippen molar-refractivity contribution in [2.45, 2.75) is 0 Å². The number of phenolic OH excluding ortho intramolecular Hbond substituents is 1. The fourth-order valence-electron chi connectivity index (χ4n) is 1.13. The topological polar surface area (TPSA) is 60.8 Å². The first-order valence-corrected chi connectivity index (χ1v) is 4.79. The highest BCUT2D eigenvalue weighted by Gasteiger charge is 2.15. The molecule has 0 heterocycles. The van der Waals surface area contributed by atoms with Gasteiger partial charge in [0.1, 0.15) is 5.75 Å². The zero-order chi connectivity index (χ0) is 11.4. The molecule has 1 aromatic rings. The van der Waals surface area contributed by atoms with Gasteiger partial charge in [0.25, 0.3) is 5.91 Å². The first kappa shape index (κ1) is 11.8. The van der Waals surface area contributed by atoms with Crippen LogP contribution in [0, 0.1) is 0 Å². The Kier molecular flexibility index (Phi) is 3.94. The van der Waals surface area contributed by atoms with E-state index >= 15 is 0 Å². The number of phenols is 1. The highest BCUT2D eigenvalue weighted by atomic mass is 35.5. The van der Waals surface area contributed by atoms with Gasteiger partial charge >= 0.3 is 0 Å². The summed E-state index contributed by atoms with van der Waals surface area (Å²) in [6.07, 6.45) is 0. The van der Waals surface area contributed by atoms with E-state index in [1.807, 2.05) is 0 Å². The second-order valence-corrected chi connectivity index (χ2v) is 3.52. The highest BCUT2D eigenvalue weighted by molar-refractivity contribution is 6.33. The van der Waals surface area contributed by atoms with Gasteiger partial charge < -0.3 is 15.1 Å². The van der Waals surface area contributed by atoms with Crippen molar-refractivity contribution >= 4 is 17.5 Å². The maximum atomic E-state index is 11.7. The lowest BCUT2D eigenvalue weighted by molar-refractivity contribution is 0.0766. The number of benzene rings is 1. The molecular weight excluding hydrogens is 218 g/mol. The van der Waals surface area contributed by atoms with Crippen LogP contribution in [-0.2, 0) is 0 Å². The van der Waals surface area contributed by atoms with E-state index in [1.165, 1.54) is 23.1 Å². The van der Waals surface area contributed by atoms with Gasteiger partial charge in [0.05, 0.1) is 17.2 Å². The lowest BCUT2D eigenvalue weighted by Gasteiger charge is -2.16. The van der Waals surface area contributed by atoms with Crippen LogP contribution in [0.25, 0.3) is 0 Å². The lowest BCUT2D eigenvalue weighted by Crippen LogP contribution is -2.29. The van der Waals surface area contributed by atoms with E-state index in [0.29, 0.717) is 0 Å². The number of rotatable bonds is 3. The molecule has 0 saturated carbocycles. The number of aliphatic hydroxyl groups is 1. The summed E-state index contributed by atoms with van der Waals surface area (Å²) in [6, 6.07) is 4.17. The highest BCUT2D eigenvalue weighted by Crippen LogP contribution is 2.22. The number of aliphatic hydroxyl groups excluding tert-OH is 1. The summed E-state index contributed by atoms with van der Waals surface area (Å²) in [5, 5.41) is 18.2. The van der Waals surface area contributed by atoms with E-state index in [9.17, 15) is 9.90 Å². The third-order valence-electron chi connectivity index (χ3n) is 1.96. The van der Waals surface area contributed by atoms with Crippen LogP contribution in [0.4, 0.5) is 0 Å². The van der Waals surface area contributed by atoms with Gasteiger partial charge in [0.15, 0.2) is 0 Å². The second kappa shape index (κ2) is 5.00. The molecule has 2 N–H and O–H groups in total. The number of hydrogen-bond donors (Lipinski definition) is 2. The average Bonchev–Trinajstić information content (AvgIpc) is 2.21. The molecule has 15 heavy (non-hydrogen) atoms. The van der Waals surface area contributed by atoms with Crippen molar-refractivity contribution in [1.29, 1.82) is 0 Å². The first-order chi connectivity index (χ1) is 7.06. The SMILES string of the molecule is CN(CCO)C(=O)c1cc(O)ccc1Cl. The Balaban J connectivity index is 2.95. The van der Waals surface area contributed by atoms with E-state index in [-0.39, 0.29) is 35.4 Å². The zero-order valence-electron chi connectivity index (χ0n) is 8.27. The summed E-state index contributed by atoms with van der Waals surface area (Å²) in [6.45, 7) is 0.115. The molecule has 0 saturated heterocycles. The minimum absolute atomic E-state index is 0.0138. The predicted molar refractivity (Wildman–Crippen MR) is 57.2 cm³/mol. The number of halogens is 1. The van der Waals surface area contributed by atoms with Crippen LogP contribution < -0.4 is 0 Å². The fourth-order valence-corrected chi connectivity index (χ4v) is 1.33. The monoisotopic (exact) mass is 229 g/mol. The molecule has 0 aliphatic carbocycles. The maximum absolute atomic E-state index is 11.7. The molecule has 0 spiro atoms. The van der Waals surface area contributed by atoms with Gasteiger partial charge in [-0.1, -0.05) is 11.6 Å². The lowest BCUT2D eigenvalue weighted by atomic mass is 10.2. The average molecular weight is 230 g/mol. The Labute approximate surface area is 92.7 Å². The molecule has 0 fully saturated rings. The third kappa shape index (κ3) is 2.84. The third-order valence-corrected chi connectivity index (χ3v) is 2.29. The summed E-state index contributed by atoms with van der Waals surface area (Å²) in [5.74, 6) is -0.343. The van der Waals surface area contributed by atoms with E-state index in [2.05, 4.69) is 0 Å². The number of likely N-dealkylation sites (N-methyl/N-ethyl adjacent to an activating group) is 1. The molecule has 82 valence electrons. The van der Waals surface area contributed by atoms with Gasteiger partial charge in [-0.15, -0.1) is 0 Å². The van der Waals surface area contributed by atoms with E-state index in [1.54, 1.807) is 7.05 Å². The summed E-state index contributed by atoms with van der Waals surface area (Å²) in [5.41, 5.74) is 0.229. The number of aromatic hydroxyl groups is 1. The summed E-state index contributed by atoms with van der Waals surface area (Å²) in [7, 11) is 1.55. The van der Waals surface area contributed by atoms with Gasteiger partial charge in [-0.2, -0.15) is 0 Å². The molecule has 5 heteroatoms. The normalized spacial score (nSPS) is 10.1. The summed E-state index contributed by atoms with van der Waals surface area (Å²) >= 11 is 5.81. The van der Waals surface area contributed by atoms with Crippen LogP contribution in [-0.4, -0.2) is 41.2 Å². The summed E-state index contributed by atoms with van der Waals surface area (Å²) < 4.78 is 0. The van der Waals surface area contributed by atoms with E-state index < -0.39 is 0 Å². The Bertz CT molecular complexity index is 368. The van der Waals surface area contributed by atoms with Crippen molar-refractivity contribution in [3.05, 3.63) is 28.8 Å². The molecule has 0 atom stereocenters. The molecular formula is C10H12ClNO3. The molecule has 1 aromatic carbocycles. The largest absolute Gasteiger partial charge is 0.508 e. The predicted octanol–water partition coefficient (Wildman–Crippen LogP) is 1.11. The van der Waals surface area contributed by atoms with Gasteiger partial charge in [-0.3, -0.25) is 4.79 Å². The molecule has 1 rings (SSSR count). The Morgan fingerprint density at radius 1 is 1.53 bits per heavy atom. The molecule has 0 aliphatic heterocycles. The molecule has 0 unspecified atom stereocenters. The van der Waals surface area contributed by atoms with Crippen molar-refractivity contribution in [2.75, 3.05) is 20.2 Å². The fraction of sp³-hybridized carbons (Fsp3) is 0.300. The van der Waals surface area contributed by atoms with E-state index in [0.717, 1.165) is 0 Å². The van der Waals surface area contributed by atoms with Crippen LogP contribution in [0.2, 0.25) is 5.02 Å². The van der Waals surface area contributed by atoms with Gasteiger partial charge in [-0.25, -0.2) is 0 Å². The van der Waals surface area contributed by atoms with Gasteiger partial charge in [0, 0.05) is 13.6 Å². The standard InChI is InChI=1S/C10H12ClNO3/c1-12(4-5-13)10(15)8-6-7(14)2-3-9(8)11/h2-3,6,13-14H,4-5H2,1H3. The Morgan fingerprint density at radius 2 is 2.20 bits per heavy atom. The minimum atomic E-state index is -0.329. The van der Waals surface area contributed by atoms with Crippen molar-refractivity contribution in [1.82, 2.24) is 4.90 Å². The molecule has 4 nitrogen and oxygen atoms in total. The molecule has 0 radical (unpaired) electrons. The minimum Gasteiger partial charge on any atom is -0.508 e. The number of carbonyl (C=O) groups excluding carboxylic acids is 1. The summed E-state index contributed by atoms with van der Waals surface area (Å²) in [4.78, 5) is 13.1. The van der Waals surface area contributed by atoms with Crippen LogP contribution >= 0.6 is 11.6 Å². The first-order valence-electron chi connectivity index (χ1n) is 4.41. The number of amides is 1. The van der Waals surface area contributed by atoms with Crippen molar-refractivity contribution in [3.63, 3.8) is 0 Å². The van der Waals surface area contributed by atoms with Crippen LogP contribution in [0.15, 0.2) is 18.2 Å². The second-order valence-electron chi connectivity index (χ2n) is 3.11. The van der Waals surface area contributed by atoms with Crippen LogP contribution in [0.1, 0.15) is 10.4 Å². The van der Waals surface area contributed by atoms with Crippen molar-refractivity contribution in [3.8, 4) is 5.75 Å². The number of nitrogens with zero attached hydrogens (tertiary/aromatic N) is 1. The molecule has 1 amide bonds. The number of hydrogen-bond acceptors (Lipinski definition) is 3. The molecule has 0 aromatic heterocycles. The Hall–Kier alpha value is -1.26. The van der Waals surface area contributed by atoms with Gasteiger partial charge in [0.2, 0.25) is 0 Å². The van der Waals surface area contributed by atoms with Crippen LogP contribution in [0.3, 0.4) is 0 Å². The zero-order valence-corrected chi connectivity index (χ0v) is 9.03. The quantitative estimate of drug-likeness (QED) is 0.816. The Morgan fingerprint density at radius 3 is 2.80 bits per heavy atom. The number of carbonyl (C=O) groups is 1. The molecule has 0 bridgehead atoms.